The van der Waals surface area contributed by atoms with Crippen molar-refractivity contribution in [1.29, 1.82) is 0 Å². The molecule has 0 saturated carbocycles. The van der Waals surface area contributed by atoms with Crippen molar-refractivity contribution in [2.24, 2.45) is 4.36 Å². The molecule has 3 aliphatic heterocycles. The molecule has 9 nitrogen and oxygen atoms in total. The molecule has 0 radical (unpaired) electrons. The zero-order valence-electron chi connectivity index (χ0n) is 19.4. The molecular formula is C24H24ClFN4O5S. The number of hydrogen-bond donors (Lipinski definition) is 1. The third kappa shape index (κ3) is 4.23. The van der Waals surface area contributed by atoms with Gasteiger partial charge in [0.2, 0.25) is 0 Å². The number of nitrogens with zero attached hydrogens (tertiary/aromatic N) is 3. The minimum atomic E-state index is -2.29. The molecule has 12 heteroatoms. The van der Waals surface area contributed by atoms with Crippen LogP contribution in [0.4, 0.5) is 21.6 Å². The Kier molecular flexibility index (Phi) is 6.11. The van der Waals surface area contributed by atoms with Crippen molar-refractivity contribution in [1.82, 2.24) is 9.97 Å². The number of fused-ring (bicyclic) bond motifs is 2. The van der Waals surface area contributed by atoms with Crippen LogP contribution in [-0.4, -0.2) is 64.3 Å². The lowest BCUT2D eigenvalue weighted by molar-refractivity contribution is 0.0310. The molecule has 190 valence electrons. The molecule has 6 rings (SSSR count). The Bertz CT molecular complexity index is 1450. The molecule has 2 aromatic carbocycles. The van der Waals surface area contributed by atoms with Crippen molar-refractivity contribution in [2.75, 3.05) is 37.1 Å². The van der Waals surface area contributed by atoms with Crippen molar-refractivity contribution < 1.29 is 27.5 Å². The third-order valence-corrected chi connectivity index (χ3v) is 9.34. The highest BCUT2D eigenvalue weighted by Gasteiger charge is 2.43. The lowest BCUT2D eigenvalue weighted by Crippen LogP contribution is -2.32. The van der Waals surface area contributed by atoms with Crippen LogP contribution in [0.5, 0.6) is 11.5 Å². The molecular weight excluding hydrogens is 511 g/mol. The van der Waals surface area contributed by atoms with Crippen LogP contribution in [-0.2, 0) is 19.2 Å². The molecule has 1 N–H and O–H groups in total. The lowest BCUT2D eigenvalue weighted by atomic mass is 10.1. The predicted molar refractivity (Wildman–Crippen MR) is 134 cm³/mol. The smallest absolute Gasteiger partial charge is 0.164 e. The van der Waals surface area contributed by atoms with Gasteiger partial charge in [0.15, 0.2) is 11.9 Å². The minimum absolute atomic E-state index is 0.00769. The fraction of sp³-hybridized carbons (Fsp3) is 0.417. The van der Waals surface area contributed by atoms with Crippen LogP contribution < -0.4 is 14.8 Å². The SMILES string of the molecule is COc1c(N=S2(=O)CCC2)cc2ncnc(Nc3ccc(F)cc3O[C@@H]3CO[C@@H]4CCO[C@@H]43)c2c1Cl. The largest absolute Gasteiger partial charge is 0.493 e. The fourth-order valence-electron chi connectivity index (χ4n) is 4.68. The number of nitrogens with one attached hydrogen (secondary N) is 1. The maximum Gasteiger partial charge on any atom is 0.164 e. The second-order valence-electron chi connectivity index (χ2n) is 8.90. The van der Waals surface area contributed by atoms with Crippen LogP contribution in [0.15, 0.2) is 35.0 Å². The summed E-state index contributed by atoms with van der Waals surface area (Å²) in [7, 11) is -0.815. The van der Waals surface area contributed by atoms with Gasteiger partial charge in [0.25, 0.3) is 0 Å². The normalized spacial score (nSPS) is 24.2. The molecule has 4 heterocycles. The maximum absolute atomic E-state index is 14.2. The molecule has 0 spiro atoms. The first-order chi connectivity index (χ1) is 17.4. The Morgan fingerprint density at radius 1 is 1.25 bits per heavy atom. The zero-order valence-corrected chi connectivity index (χ0v) is 21.0. The van der Waals surface area contributed by atoms with Gasteiger partial charge < -0.3 is 24.3 Å². The van der Waals surface area contributed by atoms with Crippen LogP contribution in [0, 0.1) is 5.82 Å². The van der Waals surface area contributed by atoms with Gasteiger partial charge in [-0.15, -0.1) is 0 Å². The van der Waals surface area contributed by atoms with E-state index in [9.17, 15) is 8.60 Å². The quantitative estimate of drug-likeness (QED) is 0.489. The zero-order chi connectivity index (χ0) is 24.9. The molecule has 0 bridgehead atoms. The van der Waals surface area contributed by atoms with E-state index in [4.69, 9.17) is 30.5 Å². The summed E-state index contributed by atoms with van der Waals surface area (Å²) >= 11 is 6.75. The second kappa shape index (κ2) is 9.29. The Morgan fingerprint density at radius 2 is 2.11 bits per heavy atom. The van der Waals surface area contributed by atoms with Gasteiger partial charge in [0.05, 0.1) is 51.2 Å². The molecule has 3 atom stereocenters. The first-order valence-electron chi connectivity index (χ1n) is 11.6. The van der Waals surface area contributed by atoms with Gasteiger partial charge in [-0.2, -0.15) is 4.36 Å². The van der Waals surface area contributed by atoms with E-state index in [1.54, 1.807) is 12.1 Å². The first-order valence-corrected chi connectivity index (χ1v) is 13.9. The number of ether oxygens (including phenoxy) is 4. The van der Waals surface area contributed by atoms with E-state index >= 15 is 0 Å². The van der Waals surface area contributed by atoms with Crippen molar-refractivity contribution in [3.05, 3.63) is 41.4 Å². The topological polar surface area (TPSA) is 104 Å². The van der Waals surface area contributed by atoms with Gasteiger partial charge >= 0.3 is 0 Å². The van der Waals surface area contributed by atoms with Gasteiger partial charge in [0, 0.05) is 24.2 Å². The Morgan fingerprint density at radius 3 is 2.89 bits per heavy atom. The number of rotatable bonds is 6. The average molecular weight is 535 g/mol. The molecule has 3 aromatic rings. The lowest BCUT2D eigenvalue weighted by Gasteiger charge is -2.21. The summed E-state index contributed by atoms with van der Waals surface area (Å²) in [6, 6.07) is 5.89. The van der Waals surface area contributed by atoms with Crippen LogP contribution in [0.1, 0.15) is 12.8 Å². The summed E-state index contributed by atoms with van der Waals surface area (Å²) in [5.74, 6) is 1.62. The molecule has 1 aromatic heterocycles. The van der Waals surface area contributed by atoms with E-state index in [0.717, 1.165) is 12.8 Å². The van der Waals surface area contributed by atoms with E-state index in [1.807, 2.05) is 0 Å². The van der Waals surface area contributed by atoms with E-state index in [2.05, 4.69) is 19.6 Å². The highest BCUT2D eigenvalue weighted by molar-refractivity contribution is 7.95. The summed E-state index contributed by atoms with van der Waals surface area (Å²) in [4.78, 5) is 8.71. The summed E-state index contributed by atoms with van der Waals surface area (Å²) in [6.45, 7) is 0.972. The van der Waals surface area contributed by atoms with Crippen molar-refractivity contribution >= 4 is 49.4 Å². The van der Waals surface area contributed by atoms with E-state index < -0.39 is 15.5 Å². The highest BCUT2D eigenvalue weighted by Crippen LogP contribution is 2.44. The Hall–Kier alpha value is -2.73. The maximum atomic E-state index is 14.2. The standard InChI is InChI=1S/C24H24ClFN4O5S/c1-32-22-16(30-36(31)7-2-8-36)10-15-20(21(22)25)24(28-12-27-15)29-14-4-3-13(26)9-18(14)35-19-11-34-17-5-6-33-23(17)19/h3-4,9-10,12,17,19,23H,2,5-8,11H2,1H3,(H,27,28,29)/t17-,19-,23+/m1/s1. The molecule has 0 unspecified atom stereocenters. The Labute approximate surface area is 212 Å². The van der Waals surface area contributed by atoms with Gasteiger partial charge in [-0.05, 0) is 31.0 Å². The van der Waals surface area contributed by atoms with Gasteiger partial charge in [-0.25, -0.2) is 18.6 Å². The third-order valence-electron chi connectivity index (χ3n) is 6.59. The number of benzene rings is 2. The minimum Gasteiger partial charge on any atom is -0.493 e. The van der Waals surface area contributed by atoms with Crippen LogP contribution >= 0.6 is 11.6 Å². The fourth-order valence-corrected chi connectivity index (χ4v) is 6.50. The number of aromatic nitrogens is 2. The molecule has 36 heavy (non-hydrogen) atoms. The van der Waals surface area contributed by atoms with Crippen LogP contribution in [0.3, 0.4) is 0 Å². The van der Waals surface area contributed by atoms with E-state index in [0.29, 0.717) is 64.3 Å². The molecule has 0 amide bonds. The number of anilines is 2. The van der Waals surface area contributed by atoms with Gasteiger partial charge in [0.1, 0.15) is 35.5 Å². The number of hydrogen-bond acceptors (Lipinski definition) is 9. The summed E-state index contributed by atoms with van der Waals surface area (Å²) in [5, 5.41) is 3.92. The second-order valence-corrected chi connectivity index (χ2v) is 11.8. The molecule has 3 fully saturated rings. The van der Waals surface area contributed by atoms with Gasteiger partial charge in [-0.3, -0.25) is 0 Å². The van der Waals surface area contributed by atoms with E-state index in [1.165, 1.54) is 25.6 Å². The van der Waals surface area contributed by atoms with Crippen molar-refractivity contribution in [2.45, 2.75) is 31.2 Å². The molecule has 0 aliphatic carbocycles. The van der Waals surface area contributed by atoms with Crippen LogP contribution in [0.2, 0.25) is 5.02 Å². The monoisotopic (exact) mass is 534 g/mol. The molecule has 3 saturated heterocycles. The molecule has 3 aliphatic rings. The highest BCUT2D eigenvalue weighted by atomic mass is 35.5. The van der Waals surface area contributed by atoms with Gasteiger partial charge in [-0.1, -0.05) is 11.6 Å². The van der Waals surface area contributed by atoms with Crippen LogP contribution in [0.25, 0.3) is 10.9 Å². The van der Waals surface area contributed by atoms with Crippen molar-refractivity contribution in [3.63, 3.8) is 0 Å². The average Bonchev–Trinajstić information content (AvgIpc) is 3.45. The first kappa shape index (κ1) is 23.7. The summed E-state index contributed by atoms with van der Waals surface area (Å²) in [6.07, 6.45) is 2.52. The predicted octanol–water partition coefficient (Wildman–Crippen LogP) is 4.61. The summed E-state index contributed by atoms with van der Waals surface area (Å²) < 4.78 is 54.6. The van der Waals surface area contributed by atoms with E-state index in [-0.39, 0.29) is 23.3 Å². The Balaban J connectivity index is 1.38. The number of halogens is 2. The van der Waals surface area contributed by atoms with Crippen molar-refractivity contribution in [3.8, 4) is 11.5 Å². The number of methoxy groups -OCH3 is 1. The summed E-state index contributed by atoms with van der Waals surface area (Å²) in [5.41, 5.74) is 1.37.